The standard InChI is InChI=1S/C19H15F3N4O2/c20-19(21,22)14-4-1-5-15(9-14)28-18-13(3-2-8-24-18)11-26-16-7-6-12(10-25-16)17(23)27/h1-10H,11H2,(H2,23,27)(H,25,26). The Morgan fingerprint density at radius 1 is 1.11 bits per heavy atom. The second kappa shape index (κ2) is 7.95. The fourth-order valence-corrected chi connectivity index (χ4v) is 2.33. The highest BCUT2D eigenvalue weighted by molar-refractivity contribution is 5.92. The lowest BCUT2D eigenvalue weighted by Crippen LogP contribution is -2.11. The summed E-state index contributed by atoms with van der Waals surface area (Å²) in [6, 6.07) is 11.1. The van der Waals surface area contributed by atoms with E-state index in [4.69, 9.17) is 10.5 Å². The van der Waals surface area contributed by atoms with Crippen molar-refractivity contribution in [2.45, 2.75) is 12.7 Å². The highest BCUT2D eigenvalue weighted by Crippen LogP contribution is 2.33. The van der Waals surface area contributed by atoms with Gasteiger partial charge in [0.25, 0.3) is 0 Å². The molecule has 0 aliphatic rings. The average Bonchev–Trinajstić information content (AvgIpc) is 2.67. The molecule has 0 saturated carbocycles. The van der Waals surface area contributed by atoms with Gasteiger partial charge in [-0.3, -0.25) is 4.79 Å². The summed E-state index contributed by atoms with van der Waals surface area (Å²) in [4.78, 5) is 19.2. The maximum atomic E-state index is 12.9. The molecule has 6 nitrogen and oxygen atoms in total. The number of nitrogens with zero attached hydrogens (tertiary/aromatic N) is 2. The van der Waals surface area contributed by atoms with Crippen LogP contribution in [0.1, 0.15) is 21.5 Å². The molecule has 0 unspecified atom stereocenters. The Balaban J connectivity index is 1.74. The van der Waals surface area contributed by atoms with Gasteiger partial charge in [-0.15, -0.1) is 0 Å². The first-order valence-electron chi connectivity index (χ1n) is 8.11. The van der Waals surface area contributed by atoms with Gasteiger partial charge in [0.2, 0.25) is 11.8 Å². The summed E-state index contributed by atoms with van der Waals surface area (Å²) in [6.45, 7) is 0.255. The number of carbonyl (C=O) groups is 1. The van der Waals surface area contributed by atoms with E-state index in [0.717, 1.165) is 12.1 Å². The van der Waals surface area contributed by atoms with Crippen molar-refractivity contribution in [1.29, 1.82) is 0 Å². The van der Waals surface area contributed by atoms with Gasteiger partial charge in [0.15, 0.2) is 0 Å². The zero-order valence-corrected chi connectivity index (χ0v) is 14.4. The van der Waals surface area contributed by atoms with E-state index in [-0.39, 0.29) is 23.7 Å². The quantitative estimate of drug-likeness (QED) is 0.666. The number of hydrogen-bond donors (Lipinski definition) is 2. The SMILES string of the molecule is NC(=O)c1ccc(NCc2cccnc2Oc2cccc(C(F)(F)F)c2)nc1. The summed E-state index contributed by atoms with van der Waals surface area (Å²) in [5.41, 5.74) is 5.25. The molecule has 0 radical (unpaired) electrons. The Bertz CT molecular complexity index is 975. The van der Waals surface area contributed by atoms with Crippen molar-refractivity contribution in [3.63, 3.8) is 0 Å². The minimum absolute atomic E-state index is 0.0266. The molecule has 2 aromatic heterocycles. The molecule has 2 heterocycles. The van der Waals surface area contributed by atoms with Crippen molar-refractivity contribution >= 4 is 11.7 Å². The first-order valence-corrected chi connectivity index (χ1v) is 8.11. The normalized spacial score (nSPS) is 11.1. The highest BCUT2D eigenvalue weighted by atomic mass is 19.4. The number of benzene rings is 1. The third kappa shape index (κ3) is 4.76. The summed E-state index contributed by atoms with van der Waals surface area (Å²) in [5.74, 6) is 0.101. The molecule has 3 rings (SSSR count). The van der Waals surface area contributed by atoms with Crippen LogP contribution in [0.2, 0.25) is 0 Å². The third-order valence-electron chi connectivity index (χ3n) is 3.73. The molecular formula is C19H15F3N4O2. The van der Waals surface area contributed by atoms with E-state index < -0.39 is 17.6 Å². The van der Waals surface area contributed by atoms with Crippen LogP contribution >= 0.6 is 0 Å². The van der Waals surface area contributed by atoms with Crippen LogP contribution in [-0.4, -0.2) is 15.9 Å². The molecule has 9 heteroatoms. The van der Waals surface area contributed by atoms with Crippen molar-refractivity contribution in [3.8, 4) is 11.6 Å². The van der Waals surface area contributed by atoms with E-state index >= 15 is 0 Å². The maximum Gasteiger partial charge on any atom is 0.416 e. The molecule has 0 aliphatic carbocycles. The van der Waals surface area contributed by atoms with E-state index in [2.05, 4.69) is 15.3 Å². The minimum atomic E-state index is -4.46. The molecule has 28 heavy (non-hydrogen) atoms. The van der Waals surface area contributed by atoms with Crippen molar-refractivity contribution in [2.24, 2.45) is 5.73 Å². The predicted octanol–water partition coefficient (Wildman–Crippen LogP) is 4.00. The first-order chi connectivity index (χ1) is 13.3. The summed E-state index contributed by atoms with van der Waals surface area (Å²) in [7, 11) is 0. The number of nitrogens with two attached hydrogens (primary N) is 1. The monoisotopic (exact) mass is 388 g/mol. The van der Waals surface area contributed by atoms with E-state index in [1.807, 2.05) is 0 Å². The van der Waals surface area contributed by atoms with Crippen LogP contribution in [0.5, 0.6) is 11.6 Å². The van der Waals surface area contributed by atoms with Crippen LogP contribution < -0.4 is 15.8 Å². The molecular weight excluding hydrogens is 373 g/mol. The zero-order chi connectivity index (χ0) is 20.1. The number of ether oxygens (including phenoxy) is 1. The molecule has 0 bridgehead atoms. The number of anilines is 1. The number of rotatable bonds is 6. The lowest BCUT2D eigenvalue weighted by molar-refractivity contribution is -0.137. The first kappa shape index (κ1) is 19.2. The Labute approximate surface area is 158 Å². The van der Waals surface area contributed by atoms with E-state index in [9.17, 15) is 18.0 Å². The number of primary amides is 1. The third-order valence-corrected chi connectivity index (χ3v) is 3.73. The van der Waals surface area contributed by atoms with Crippen LogP contribution in [0.3, 0.4) is 0 Å². The van der Waals surface area contributed by atoms with Crippen LogP contribution in [0, 0.1) is 0 Å². The highest BCUT2D eigenvalue weighted by Gasteiger charge is 2.30. The summed E-state index contributed by atoms with van der Waals surface area (Å²) < 4.78 is 44.1. The van der Waals surface area contributed by atoms with Gasteiger partial charge in [-0.1, -0.05) is 12.1 Å². The predicted molar refractivity (Wildman–Crippen MR) is 95.8 cm³/mol. The van der Waals surface area contributed by atoms with Gasteiger partial charge in [-0.05, 0) is 36.4 Å². The molecule has 3 aromatic rings. The number of alkyl halides is 3. The molecule has 1 aromatic carbocycles. The van der Waals surface area contributed by atoms with E-state index in [1.54, 1.807) is 18.2 Å². The van der Waals surface area contributed by atoms with E-state index in [1.165, 1.54) is 30.6 Å². The lowest BCUT2D eigenvalue weighted by atomic mass is 10.2. The van der Waals surface area contributed by atoms with Crippen LogP contribution in [-0.2, 0) is 12.7 Å². The number of amides is 1. The number of halogens is 3. The topological polar surface area (TPSA) is 90.1 Å². The fourth-order valence-electron chi connectivity index (χ4n) is 2.33. The molecule has 0 saturated heterocycles. The van der Waals surface area contributed by atoms with Crippen LogP contribution in [0.4, 0.5) is 19.0 Å². The molecule has 3 N–H and O–H groups in total. The van der Waals surface area contributed by atoms with Crippen molar-refractivity contribution < 1.29 is 22.7 Å². The Morgan fingerprint density at radius 2 is 1.93 bits per heavy atom. The zero-order valence-electron chi connectivity index (χ0n) is 14.4. The molecule has 0 spiro atoms. The maximum absolute atomic E-state index is 12.9. The molecule has 0 atom stereocenters. The Hall–Kier alpha value is -3.62. The van der Waals surface area contributed by atoms with Gasteiger partial charge >= 0.3 is 6.18 Å². The van der Waals surface area contributed by atoms with Gasteiger partial charge in [-0.25, -0.2) is 9.97 Å². The van der Waals surface area contributed by atoms with Crippen molar-refractivity contribution in [2.75, 3.05) is 5.32 Å². The lowest BCUT2D eigenvalue weighted by Gasteiger charge is -2.13. The number of carbonyl (C=O) groups excluding carboxylic acids is 1. The number of hydrogen-bond acceptors (Lipinski definition) is 5. The molecule has 0 fully saturated rings. The van der Waals surface area contributed by atoms with Gasteiger partial charge in [-0.2, -0.15) is 13.2 Å². The van der Waals surface area contributed by atoms with Crippen LogP contribution in [0.15, 0.2) is 60.9 Å². The van der Waals surface area contributed by atoms with Crippen LogP contribution in [0.25, 0.3) is 0 Å². The average molecular weight is 388 g/mol. The smallest absolute Gasteiger partial charge is 0.416 e. The Morgan fingerprint density at radius 3 is 2.61 bits per heavy atom. The number of pyridine rings is 2. The van der Waals surface area contributed by atoms with Crippen molar-refractivity contribution in [1.82, 2.24) is 9.97 Å². The number of nitrogens with one attached hydrogen (secondary N) is 1. The van der Waals surface area contributed by atoms with Gasteiger partial charge in [0.05, 0.1) is 11.1 Å². The molecule has 1 amide bonds. The second-order valence-corrected chi connectivity index (χ2v) is 5.75. The van der Waals surface area contributed by atoms with Gasteiger partial charge in [0.1, 0.15) is 11.6 Å². The summed E-state index contributed by atoms with van der Waals surface area (Å²) >= 11 is 0. The summed E-state index contributed by atoms with van der Waals surface area (Å²) in [6.07, 6.45) is -1.64. The fraction of sp³-hybridized carbons (Fsp3) is 0.105. The summed E-state index contributed by atoms with van der Waals surface area (Å²) in [5, 5.41) is 3.03. The van der Waals surface area contributed by atoms with E-state index in [0.29, 0.717) is 11.4 Å². The van der Waals surface area contributed by atoms with Crippen molar-refractivity contribution in [3.05, 3.63) is 77.6 Å². The van der Waals surface area contributed by atoms with Gasteiger partial charge < -0.3 is 15.8 Å². The minimum Gasteiger partial charge on any atom is -0.439 e. The molecule has 144 valence electrons. The van der Waals surface area contributed by atoms with Gasteiger partial charge in [0, 0.05) is 24.5 Å². The molecule has 0 aliphatic heterocycles. The number of aromatic nitrogens is 2. The largest absolute Gasteiger partial charge is 0.439 e. The second-order valence-electron chi connectivity index (χ2n) is 5.75. The Kier molecular flexibility index (Phi) is 5.44.